The summed E-state index contributed by atoms with van der Waals surface area (Å²) in [5, 5.41) is 18.2. The molecule has 0 fully saturated rings. The van der Waals surface area contributed by atoms with Crippen molar-refractivity contribution in [1.29, 1.82) is 0 Å². The van der Waals surface area contributed by atoms with Gasteiger partial charge in [-0.2, -0.15) is 0 Å². The Kier molecular flexibility index (Phi) is 8.95. The fraction of sp³-hybridized carbons (Fsp3) is 0.300. The Morgan fingerprint density at radius 2 is 1.63 bits per heavy atom. The Morgan fingerprint density at radius 1 is 1.04 bits per heavy atom. The minimum Gasteiger partial charge on any atom is -0.496 e. The van der Waals surface area contributed by atoms with Gasteiger partial charge in [-0.3, -0.25) is 0 Å². The molecule has 0 heterocycles. The molecule has 0 amide bonds. The van der Waals surface area contributed by atoms with Gasteiger partial charge in [0.1, 0.15) is 11.6 Å². The lowest BCUT2D eigenvalue weighted by molar-refractivity contribution is -0.159. The maximum atomic E-state index is 12.8. The van der Waals surface area contributed by atoms with Gasteiger partial charge in [-0.15, -0.1) is 0 Å². The average Bonchev–Trinajstić information content (AvgIpc) is 2.63. The van der Waals surface area contributed by atoms with Crippen LogP contribution in [0.5, 0.6) is 5.75 Å². The molecule has 0 aromatic heterocycles. The van der Waals surface area contributed by atoms with Crippen LogP contribution in [0.2, 0.25) is 0 Å². The number of methoxy groups -OCH3 is 1. The van der Waals surface area contributed by atoms with Crippen molar-refractivity contribution in [2.45, 2.75) is 26.8 Å². The van der Waals surface area contributed by atoms with Crippen molar-refractivity contribution in [2.24, 2.45) is 0 Å². The van der Waals surface area contributed by atoms with Crippen LogP contribution >= 0.6 is 0 Å². The molecule has 146 valence electrons. The molecule has 0 radical (unpaired) electrons. The standard InChI is InChI=1S/C18H22FNO.C2H2O4/c1-13-11-18(21-3)14(2)10-16(13)12-20-9-8-15-4-6-17(19)7-5-15;3-1(4)2(5)6/h4-7,10-11,20H,8-9,12H2,1-3H3;(H,3,4)(H,5,6). The zero-order valence-electron chi connectivity index (χ0n) is 15.6. The molecule has 2 aromatic carbocycles. The number of rotatable bonds is 6. The van der Waals surface area contributed by atoms with Crippen molar-refractivity contribution in [3.05, 3.63) is 64.5 Å². The van der Waals surface area contributed by atoms with Crippen LogP contribution in [0.25, 0.3) is 0 Å². The zero-order valence-corrected chi connectivity index (χ0v) is 15.6. The van der Waals surface area contributed by atoms with E-state index in [1.807, 2.05) is 12.1 Å². The Morgan fingerprint density at radius 3 is 2.15 bits per heavy atom. The number of hydrogen-bond acceptors (Lipinski definition) is 4. The monoisotopic (exact) mass is 377 g/mol. The highest BCUT2D eigenvalue weighted by atomic mass is 19.1. The maximum Gasteiger partial charge on any atom is 0.414 e. The number of carboxylic acid groups (broad SMARTS) is 2. The Hall–Kier alpha value is -2.93. The summed E-state index contributed by atoms with van der Waals surface area (Å²) in [4.78, 5) is 18.2. The van der Waals surface area contributed by atoms with Crippen LogP contribution in [0.4, 0.5) is 4.39 Å². The smallest absolute Gasteiger partial charge is 0.414 e. The van der Waals surface area contributed by atoms with Crippen molar-refractivity contribution in [3.8, 4) is 5.75 Å². The van der Waals surface area contributed by atoms with Gasteiger partial charge in [-0.05, 0) is 67.3 Å². The van der Waals surface area contributed by atoms with Crippen LogP contribution in [-0.4, -0.2) is 35.8 Å². The molecule has 0 saturated heterocycles. The minimum atomic E-state index is -1.82. The average molecular weight is 377 g/mol. The van der Waals surface area contributed by atoms with Crippen LogP contribution in [-0.2, 0) is 22.6 Å². The fourth-order valence-electron chi connectivity index (χ4n) is 2.37. The van der Waals surface area contributed by atoms with Crippen molar-refractivity contribution in [1.82, 2.24) is 5.32 Å². The molecule has 0 unspecified atom stereocenters. The molecular formula is C20H24FNO5. The number of aryl methyl sites for hydroxylation is 2. The Balaban J connectivity index is 0.000000527. The molecule has 0 aliphatic rings. The van der Waals surface area contributed by atoms with Gasteiger partial charge in [-0.25, -0.2) is 14.0 Å². The van der Waals surface area contributed by atoms with Crippen molar-refractivity contribution < 1.29 is 28.9 Å². The molecule has 0 saturated carbocycles. The van der Waals surface area contributed by atoms with Gasteiger partial charge in [-0.1, -0.05) is 18.2 Å². The third-order valence-corrected chi connectivity index (χ3v) is 3.86. The second kappa shape index (κ2) is 10.9. The van der Waals surface area contributed by atoms with E-state index in [0.29, 0.717) is 0 Å². The molecule has 0 bridgehead atoms. The summed E-state index contributed by atoms with van der Waals surface area (Å²) in [6, 6.07) is 10.9. The predicted octanol–water partition coefficient (Wildman–Crippen LogP) is 2.94. The molecule has 2 rings (SSSR count). The Bertz CT molecular complexity index is 763. The third kappa shape index (κ3) is 7.87. The molecule has 6 nitrogen and oxygen atoms in total. The fourth-order valence-corrected chi connectivity index (χ4v) is 2.37. The van der Waals surface area contributed by atoms with Crippen molar-refractivity contribution in [2.75, 3.05) is 13.7 Å². The molecule has 27 heavy (non-hydrogen) atoms. The molecule has 0 aliphatic heterocycles. The van der Waals surface area contributed by atoms with Crippen molar-refractivity contribution in [3.63, 3.8) is 0 Å². The van der Waals surface area contributed by atoms with Crippen LogP contribution in [0, 0.1) is 19.7 Å². The maximum absolute atomic E-state index is 12.8. The first-order chi connectivity index (χ1) is 12.7. The van der Waals surface area contributed by atoms with Gasteiger partial charge < -0.3 is 20.3 Å². The second-order valence-corrected chi connectivity index (χ2v) is 5.91. The number of hydrogen-bond donors (Lipinski definition) is 3. The highest BCUT2D eigenvalue weighted by Crippen LogP contribution is 2.22. The van der Waals surface area contributed by atoms with Crippen LogP contribution in [0.3, 0.4) is 0 Å². The number of carboxylic acids is 2. The van der Waals surface area contributed by atoms with Gasteiger partial charge in [0.2, 0.25) is 0 Å². The first kappa shape index (κ1) is 22.1. The molecule has 0 atom stereocenters. The van der Waals surface area contributed by atoms with Gasteiger partial charge >= 0.3 is 11.9 Å². The zero-order chi connectivity index (χ0) is 20.4. The van der Waals surface area contributed by atoms with E-state index in [9.17, 15) is 4.39 Å². The van der Waals surface area contributed by atoms with E-state index in [0.717, 1.165) is 36.4 Å². The lowest BCUT2D eigenvalue weighted by Crippen LogP contribution is -2.17. The Labute approximate surface area is 157 Å². The number of carbonyl (C=O) groups is 2. The first-order valence-corrected chi connectivity index (χ1v) is 8.30. The quantitative estimate of drug-likeness (QED) is 0.529. The summed E-state index contributed by atoms with van der Waals surface area (Å²) in [5.41, 5.74) is 4.81. The lowest BCUT2D eigenvalue weighted by atomic mass is 10.0. The number of benzene rings is 2. The van der Waals surface area contributed by atoms with Gasteiger partial charge in [0.05, 0.1) is 7.11 Å². The summed E-state index contributed by atoms with van der Waals surface area (Å²) in [6.07, 6.45) is 0.897. The van der Waals surface area contributed by atoms with E-state index in [4.69, 9.17) is 24.5 Å². The van der Waals surface area contributed by atoms with Crippen LogP contribution in [0.1, 0.15) is 22.3 Å². The normalized spacial score (nSPS) is 9.93. The highest BCUT2D eigenvalue weighted by Gasteiger charge is 2.05. The van der Waals surface area contributed by atoms with Crippen LogP contribution < -0.4 is 10.1 Å². The number of halogens is 1. The number of aliphatic carboxylic acids is 2. The number of ether oxygens (including phenoxy) is 1. The van der Waals surface area contributed by atoms with E-state index in [2.05, 4.69) is 31.3 Å². The van der Waals surface area contributed by atoms with Crippen molar-refractivity contribution >= 4 is 11.9 Å². The van der Waals surface area contributed by atoms with Gasteiger partial charge in [0.15, 0.2) is 0 Å². The summed E-state index contributed by atoms with van der Waals surface area (Å²) in [7, 11) is 1.70. The van der Waals surface area contributed by atoms with Gasteiger partial charge in [0, 0.05) is 6.54 Å². The van der Waals surface area contributed by atoms with E-state index >= 15 is 0 Å². The summed E-state index contributed by atoms with van der Waals surface area (Å²) in [6.45, 7) is 5.85. The van der Waals surface area contributed by atoms with E-state index in [1.165, 1.54) is 23.3 Å². The molecule has 3 N–H and O–H groups in total. The molecule has 0 aliphatic carbocycles. The molecule has 7 heteroatoms. The molecule has 0 spiro atoms. The first-order valence-electron chi connectivity index (χ1n) is 8.30. The summed E-state index contributed by atoms with van der Waals surface area (Å²) >= 11 is 0. The topological polar surface area (TPSA) is 95.9 Å². The van der Waals surface area contributed by atoms with E-state index in [1.54, 1.807) is 7.11 Å². The summed E-state index contributed by atoms with van der Waals surface area (Å²) in [5.74, 6) is -2.90. The molecular weight excluding hydrogens is 353 g/mol. The second-order valence-electron chi connectivity index (χ2n) is 5.91. The largest absolute Gasteiger partial charge is 0.496 e. The minimum absolute atomic E-state index is 0.184. The molecule has 2 aromatic rings. The predicted molar refractivity (Wildman–Crippen MR) is 99.6 cm³/mol. The van der Waals surface area contributed by atoms with E-state index < -0.39 is 11.9 Å². The summed E-state index contributed by atoms with van der Waals surface area (Å²) < 4.78 is 18.1. The third-order valence-electron chi connectivity index (χ3n) is 3.86. The van der Waals surface area contributed by atoms with Crippen LogP contribution in [0.15, 0.2) is 36.4 Å². The van der Waals surface area contributed by atoms with E-state index in [-0.39, 0.29) is 5.82 Å². The number of nitrogens with one attached hydrogen (secondary N) is 1. The lowest BCUT2D eigenvalue weighted by Gasteiger charge is -2.12. The van der Waals surface area contributed by atoms with Gasteiger partial charge in [0.25, 0.3) is 0 Å². The highest BCUT2D eigenvalue weighted by molar-refractivity contribution is 6.27. The SMILES string of the molecule is COc1cc(C)c(CNCCc2ccc(F)cc2)cc1C.O=C(O)C(=O)O.